The summed E-state index contributed by atoms with van der Waals surface area (Å²) in [5, 5.41) is 3.31. The molecule has 0 spiro atoms. The number of aryl methyl sites for hydroxylation is 1. The molecule has 0 heterocycles. The summed E-state index contributed by atoms with van der Waals surface area (Å²) in [6.07, 6.45) is 0.416. The van der Waals surface area contributed by atoms with Gasteiger partial charge in [-0.25, -0.2) is 0 Å². The van der Waals surface area contributed by atoms with Crippen molar-refractivity contribution < 1.29 is 9.53 Å². The maximum absolute atomic E-state index is 11.2. The normalized spacial score (nSPS) is 12.2. The second-order valence-electron chi connectivity index (χ2n) is 4.28. The largest absolute Gasteiger partial charge is 0.466 e. The highest BCUT2D eigenvalue weighted by molar-refractivity contribution is 5.69. The van der Waals surface area contributed by atoms with Crippen molar-refractivity contribution in [3.63, 3.8) is 0 Å². The summed E-state index contributed by atoms with van der Waals surface area (Å²) in [7, 11) is 0. The summed E-state index contributed by atoms with van der Waals surface area (Å²) in [6.45, 7) is 7.11. The quantitative estimate of drug-likeness (QED) is 0.770. The molecule has 3 heteroatoms. The van der Waals surface area contributed by atoms with Gasteiger partial charge in [-0.1, -0.05) is 29.8 Å². The fraction of sp³-hybridized carbons (Fsp3) is 0.500. The minimum atomic E-state index is -0.142. The van der Waals surface area contributed by atoms with Crippen molar-refractivity contribution in [1.82, 2.24) is 5.32 Å². The zero-order valence-electron chi connectivity index (χ0n) is 10.8. The Morgan fingerprint density at radius 3 is 2.59 bits per heavy atom. The van der Waals surface area contributed by atoms with E-state index < -0.39 is 0 Å². The number of carbonyl (C=O) groups is 1. The van der Waals surface area contributed by atoms with Crippen molar-refractivity contribution in [2.24, 2.45) is 0 Å². The number of benzene rings is 1. The Bertz CT molecular complexity index is 346. The molecule has 17 heavy (non-hydrogen) atoms. The molecule has 0 bridgehead atoms. The van der Waals surface area contributed by atoms with E-state index in [1.54, 1.807) is 0 Å². The van der Waals surface area contributed by atoms with Crippen LogP contribution in [-0.2, 0) is 16.1 Å². The van der Waals surface area contributed by atoms with Gasteiger partial charge in [0.05, 0.1) is 13.0 Å². The number of ether oxygens (including phenoxy) is 1. The molecule has 1 N–H and O–H groups in total. The Balaban J connectivity index is 2.30. The van der Waals surface area contributed by atoms with Crippen LogP contribution in [0.1, 0.15) is 31.4 Å². The van der Waals surface area contributed by atoms with Gasteiger partial charge in [-0.15, -0.1) is 0 Å². The van der Waals surface area contributed by atoms with Gasteiger partial charge in [-0.3, -0.25) is 4.79 Å². The van der Waals surface area contributed by atoms with E-state index in [9.17, 15) is 4.79 Å². The third-order valence-corrected chi connectivity index (χ3v) is 2.55. The van der Waals surface area contributed by atoms with Gasteiger partial charge < -0.3 is 10.1 Å². The van der Waals surface area contributed by atoms with E-state index in [0.29, 0.717) is 13.0 Å². The van der Waals surface area contributed by atoms with Crippen molar-refractivity contribution in [2.45, 2.75) is 39.8 Å². The van der Waals surface area contributed by atoms with Crippen LogP contribution in [0.15, 0.2) is 24.3 Å². The summed E-state index contributed by atoms with van der Waals surface area (Å²) in [4.78, 5) is 11.2. The molecule has 0 aliphatic rings. The molecule has 1 aromatic rings. The zero-order valence-corrected chi connectivity index (χ0v) is 10.8. The third-order valence-electron chi connectivity index (χ3n) is 2.55. The molecule has 0 aromatic heterocycles. The number of rotatable bonds is 6. The topological polar surface area (TPSA) is 38.3 Å². The predicted octanol–water partition coefficient (Wildman–Crippen LogP) is 2.43. The van der Waals surface area contributed by atoms with Crippen LogP contribution in [0.5, 0.6) is 0 Å². The first-order valence-electron chi connectivity index (χ1n) is 6.06. The molecule has 3 nitrogen and oxygen atoms in total. The highest BCUT2D eigenvalue weighted by Gasteiger charge is 2.08. The first kappa shape index (κ1) is 13.7. The lowest BCUT2D eigenvalue weighted by Gasteiger charge is -2.13. The molecule has 1 aromatic carbocycles. The molecular formula is C14H21NO2. The highest BCUT2D eigenvalue weighted by atomic mass is 16.5. The molecule has 0 aliphatic carbocycles. The number of nitrogens with one attached hydrogen (secondary N) is 1. The van der Waals surface area contributed by atoms with Crippen LogP contribution in [0.3, 0.4) is 0 Å². The fourth-order valence-corrected chi connectivity index (χ4v) is 1.54. The van der Waals surface area contributed by atoms with Gasteiger partial charge in [0.25, 0.3) is 0 Å². The molecule has 1 rings (SSSR count). The van der Waals surface area contributed by atoms with Crippen molar-refractivity contribution >= 4 is 5.97 Å². The van der Waals surface area contributed by atoms with Crippen LogP contribution in [0.4, 0.5) is 0 Å². The van der Waals surface area contributed by atoms with Gasteiger partial charge in [0.2, 0.25) is 0 Å². The molecule has 1 unspecified atom stereocenters. The minimum absolute atomic E-state index is 0.135. The highest BCUT2D eigenvalue weighted by Crippen LogP contribution is 2.03. The maximum atomic E-state index is 11.2. The van der Waals surface area contributed by atoms with Crippen LogP contribution < -0.4 is 5.32 Å². The second kappa shape index (κ2) is 7.07. The molecule has 0 saturated carbocycles. The van der Waals surface area contributed by atoms with Gasteiger partial charge in [0.15, 0.2) is 0 Å². The zero-order chi connectivity index (χ0) is 12.7. The second-order valence-corrected chi connectivity index (χ2v) is 4.28. The number of carbonyl (C=O) groups excluding carboxylic acids is 1. The molecule has 0 aliphatic heterocycles. The van der Waals surface area contributed by atoms with Gasteiger partial charge in [0, 0.05) is 12.6 Å². The van der Waals surface area contributed by atoms with Crippen LogP contribution in [0.2, 0.25) is 0 Å². The van der Waals surface area contributed by atoms with E-state index in [-0.39, 0.29) is 12.0 Å². The summed E-state index contributed by atoms with van der Waals surface area (Å²) < 4.78 is 4.90. The lowest BCUT2D eigenvalue weighted by atomic mass is 10.1. The molecular weight excluding hydrogens is 214 g/mol. The van der Waals surface area contributed by atoms with Crippen molar-refractivity contribution in [1.29, 1.82) is 0 Å². The monoisotopic (exact) mass is 235 g/mol. The Labute approximate surface area is 103 Å². The summed E-state index contributed by atoms with van der Waals surface area (Å²) in [6, 6.07) is 8.51. The fourth-order valence-electron chi connectivity index (χ4n) is 1.54. The molecule has 0 saturated heterocycles. The Morgan fingerprint density at radius 1 is 1.35 bits per heavy atom. The SMILES string of the molecule is CCOC(=O)CC(C)NCc1ccc(C)cc1. The van der Waals surface area contributed by atoms with Crippen molar-refractivity contribution in [3.05, 3.63) is 35.4 Å². The van der Waals surface area contributed by atoms with Gasteiger partial charge in [-0.05, 0) is 26.3 Å². The van der Waals surface area contributed by atoms with Gasteiger partial charge >= 0.3 is 5.97 Å². The van der Waals surface area contributed by atoms with Crippen LogP contribution in [-0.4, -0.2) is 18.6 Å². The van der Waals surface area contributed by atoms with E-state index in [4.69, 9.17) is 4.74 Å². The summed E-state index contributed by atoms with van der Waals surface area (Å²) in [5.74, 6) is -0.142. The van der Waals surface area contributed by atoms with E-state index >= 15 is 0 Å². The standard InChI is InChI=1S/C14H21NO2/c1-4-17-14(16)9-12(3)15-10-13-7-5-11(2)6-8-13/h5-8,12,15H,4,9-10H2,1-3H3. The smallest absolute Gasteiger partial charge is 0.307 e. The number of hydrogen-bond acceptors (Lipinski definition) is 3. The Morgan fingerprint density at radius 2 is 2.00 bits per heavy atom. The minimum Gasteiger partial charge on any atom is -0.466 e. The summed E-state index contributed by atoms with van der Waals surface area (Å²) >= 11 is 0. The van der Waals surface area contributed by atoms with E-state index in [1.165, 1.54) is 11.1 Å². The van der Waals surface area contributed by atoms with Crippen LogP contribution in [0.25, 0.3) is 0 Å². The average Bonchev–Trinajstić information content (AvgIpc) is 2.28. The van der Waals surface area contributed by atoms with Gasteiger partial charge in [-0.2, -0.15) is 0 Å². The summed E-state index contributed by atoms with van der Waals surface area (Å²) in [5.41, 5.74) is 2.49. The molecule has 0 radical (unpaired) electrons. The first-order valence-corrected chi connectivity index (χ1v) is 6.06. The number of hydrogen-bond donors (Lipinski definition) is 1. The predicted molar refractivity (Wildman–Crippen MR) is 68.7 cm³/mol. The van der Waals surface area contributed by atoms with E-state index in [2.05, 4.69) is 36.5 Å². The van der Waals surface area contributed by atoms with E-state index in [1.807, 2.05) is 13.8 Å². The van der Waals surface area contributed by atoms with E-state index in [0.717, 1.165) is 6.54 Å². The Kier molecular flexibility index (Phi) is 5.70. The lowest BCUT2D eigenvalue weighted by molar-refractivity contribution is -0.143. The Hall–Kier alpha value is -1.35. The molecule has 0 fully saturated rings. The lowest BCUT2D eigenvalue weighted by Crippen LogP contribution is -2.28. The third kappa shape index (κ3) is 5.50. The van der Waals surface area contributed by atoms with Crippen molar-refractivity contribution in [2.75, 3.05) is 6.61 Å². The first-order chi connectivity index (χ1) is 8.11. The van der Waals surface area contributed by atoms with Crippen LogP contribution in [0, 0.1) is 6.92 Å². The van der Waals surface area contributed by atoms with Gasteiger partial charge in [0.1, 0.15) is 0 Å². The molecule has 94 valence electrons. The van der Waals surface area contributed by atoms with Crippen molar-refractivity contribution in [3.8, 4) is 0 Å². The van der Waals surface area contributed by atoms with Crippen LogP contribution >= 0.6 is 0 Å². The molecule has 0 amide bonds. The average molecular weight is 235 g/mol. The maximum Gasteiger partial charge on any atom is 0.307 e. The molecule has 1 atom stereocenters. The number of esters is 1.